The van der Waals surface area contributed by atoms with Crippen molar-refractivity contribution in [3.63, 3.8) is 0 Å². The van der Waals surface area contributed by atoms with Gasteiger partial charge in [0, 0.05) is 6.42 Å². The molecule has 0 spiro atoms. The number of aromatic hydroxyl groups is 1. The van der Waals surface area contributed by atoms with Gasteiger partial charge in [-0.05, 0) is 30.0 Å². The Labute approximate surface area is 139 Å². The van der Waals surface area contributed by atoms with Gasteiger partial charge in [0.2, 0.25) is 0 Å². The summed E-state index contributed by atoms with van der Waals surface area (Å²) in [6.07, 6.45) is 9.92. The van der Waals surface area contributed by atoms with E-state index >= 15 is 0 Å². The largest absolute Gasteiger partial charge is 0.508 e. The molecule has 0 fully saturated rings. The summed E-state index contributed by atoms with van der Waals surface area (Å²) < 4.78 is 33.8. The summed E-state index contributed by atoms with van der Waals surface area (Å²) in [5.41, 5.74) is 1.76. The summed E-state index contributed by atoms with van der Waals surface area (Å²) in [5, 5.41) is 9.79. The Balaban J connectivity index is 2.35. The number of rotatable bonds is 12. The van der Waals surface area contributed by atoms with E-state index < -0.39 is 10.4 Å². The highest BCUT2D eigenvalue weighted by molar-refractivity contribution is 7.80. The second-order valence-electron chi connectivity index (χ2n) is 5.83. The fraction of sp³-hybridized carbons (Fsp3) is 0.647. The average molecular weight is 344 g/mol. The third-order valence-electron chi connectivity index (χ3n) is 3.82. The summed E-state index contributed by atoms with van der Waals surface area (Å²) in [6.45, 7) is 2.02. The first kappa shape index (κ1) is 19.9. The first-order chi connectivity index (χ1) is 10.9. The van der Waals surface area contributed by atoms with Gasteiger partial charge in [0.1, 0.15) is 5.75 Å². The number of unbranched alkanes of at least 4 members (excludes halogenated alkanes) is 6. The van der Waals surface area contributed by atoms with Gasteiger partial charge in [-0.3, -0.25) is 4.55 Å². The van der Waals surface area contributed by atoms with E-state index in [9.17, 15) is 13.5 Å². The van der Waals surface area contributed by atoms with Crippen LogP contribution < -0.4 is 0 Å². The van der Waals surface area contributed by atoms with Crippen LogP contribution >= 0.6 is 0 Å². The third kappa shape index (κ3) is 9.58. The predicted molar refractivity (Wildman–Crippen MR) is 91.0 cm³/mol. The molecule has 0 aliphatic carbocycles. The van der Waals surface area contributed by atoms with Crippen molar-refractivity contribution >= 4 is 10.4 Å². The molecule has 0 aromatic heterocycles. The molecular weight excluding hydrogens is 316 g/mol. The molecule has 1 rings (SSSR count). The molecule has 5 nitrogen and oxygen atoms in total. The maximum atomic E-state index is 10.5. The Morgan fingerprint density at radius 2 is 1.65 bits per heavy atom. The zero-order valence-electron chi connectivity index (χ0n) is 13.8. The van der Waals surface area contributed by atoms with Crippen LogP contribution in [0.4, 0.5) is 0 Å². The lowest BCUT2D eigenvalue weighted by atomic mass is 10.0. The van der Waals surface area contributed by atoms with Crippen LogP contribution in [0, 0.1) is 0 Å². The number of phenolic OH excluding ortho intramolecular Hbond substituents is 1. The first-order valence-electron chi connectivity index (χ1n) is 8.35. The Morgan fingerprint density at radius 1 is 1.00 bits per heavy atom. The fourth-order valence-electron chi connectivity index (χ4n) is 2.54. The molecule has 0 atom stereocenters. The Hall–Kier alpha value is -1.11. The van der Waals surface area contributed by atoms with Crippen molar-refractivity contribution in [3.05, 3.63) is 29.3 Å². The minimum absolute atomic E-state index is 0.118. The van der Waals surface area contributed by atoms with Gasteiger partial charge in [0.05, 0.1) is 6.61 Å². The van der Waals surface area contributed by atoms with Crippen LogP contribution in [-0.4, -0.2) is 24.7 Å². The molecule has 0 aliphatic rings. The molecule has 6 heteroatoms. The van der Waals surface area contributed by atoms with Crippen molar-refractivity contribution in [1.82, 2.24) is 0 Å². The number of benzene rings is 1. The highest BCUT2D eigenvalue weighted by Crippen LogP contribution is 2.21. The zero-order valence-corrected chi connectivity index (χ0v) is 14.6. The van der Waals surface area contributed by atoms with Gasteiger partial charge in [0.25, 0.3) is 0 Å². The second-order valence-corrected chi connectivity index (χ2v) is 6.93. The molecule has 0 saturated carbocycles. The van der Waals surface area contributed by atoms with Crippen molar-refractivity contribution in [3.8, 4) is 5.75 Å². The van der Waals surface area contributed by atoms with Gasteiger partial charge in [0.15, 0.2) is 0 Å². The lowest BCUT2D eigenvalue weighted by molar-refractivity contribution is 0.270. The van der Waals surface area contributed by atoms with Crippen LogP contribution in [-0.2, 0) is 27.4 Å². The van der Waals surface area contributed by atoms with Crippen LogP contribution in [0.1, 0.15) is 63.0 Å². The van der Waals surface area contributed by atoms with E-state index in [4.69, 9.17) is 4.55 Å². The third-order valence-corrected chi connectivity index (χ3v) is 4.28. The van der Waals surface area contributed by atoms with Gasteiger partial charge in [-0.1, -0.05) is 57.6 Å². The highest BCUT2D eigenvalue weighted by Gasteiger charge is 2.07. The SMILES string of the molecule is CCCCCCCCCc1ccc(O)c(CCOS(=O)(=O)O)c1. The molecule has 1 aromatic rings. The Morgan fingerprint density at radius 3 is 2.30 bits per heavy atom. The summed E-state index contributed by atoms with van der Waals surface area (Å²) in [4.78, 5) is 0. The molecule has 0 aliphatic heterocycles. The van der Waals surface area contributed by atoms with Crippen molar-refractivity contribution in [2.45, 2.75) is 64.7 Å². The molecular formula is C17H28O5S. The van der Waals surface area contributed by atoms with E-state index in [-0.39, 0.29) is 18.8 Å². The zero-order chi connectivity index (χ0) is 17.1. The van der Waals surface area contributed by atoms with E-state index in [1.165, 1.54) is 38.5 Å². The van der Waals surface area contributed by atoms with E-state index in [0.29, 0.717) is 5.56 Å². The smallest absolute Gasteiger partial charge is 0.397 e. The molecule has 2 N–H and O–H groups in total. The molecule has 0 amide bonds. The van der Waals surface area contributed by atoms with E-state index in [2.05, 4.69) is 11.1 Å². The molecule has 0 bridgehead atoms. The van der Waals surface area contributed by atoms with Crippen LogP contribution in [0.3, 0.4) is 0 Å². The van der Waals surface area contributed by atoms with Gasteiger partial charge in [-0.2, -0.15) is 8.42 Å². The van der Waals surface area contributed by atoms with Crippen LogP contribution in [0.15, 0.2) is 18.2 Å². The van der Waals surface area contributed by atoms with E-state index in [1.54, 1.807) is 6.07 Å². The van der Waals surface area contributed by atoms with Crippen molar-refractivity contribution in [1.29, 1.82) is 0 Å². The Kier molecular flexibility index (Phi) is 9.21. The monoisotopic (exact) mass is 344 g/mol. The second kappa shape index (κ2) is 10.6. The van der Waals surface area contributed by atoms with Crippen LogP contribution in [0.25, 0.3) is 0 Å². The lowest BCUT2D eigenvalue weighted by Crippen LogP contribution is -2.07. The van der Waals surface area contributed by atoms with Crippen molar-refractivity contribution in [2.75, 3.05) is 6.61 Å². The molecule has 132 valence electrons. The molecule has 0 saturated heterocycles. The summed E-state index contributed by atoms with van der Waals surface area (Å²) >= 11 is 0. The van der Waals surface area contributed by atoms with E-state index in [1.807, 2.05) is 12.1 Å². The topological polar surface area (TPSA) is 83.8 Å². The molecule has 0 radical (unpaired) electrons. The average Bonchev–Trinajstić information content (AvgIpc) is 2.48. The highest BCUT2D eigenvalue weighted by atomic mass is 32.3. The Bertz CT molecular complexity index is 554. The van der Waals surface area contributed by atoms with Crippen molar-refractivity contribution in [2.24, 2.45) is 0 Å². The predicted octanol–water partition coefficient (Wildman–Crippen LogP) is 4.05. The quantitative estimate of drug-likeness (QED) is 0.441. The number of hydrogen-bond donors (Lipinski definition) is 2. The number of hydrogen-bond acceptors (Lipinski definition) is 4. The first-order valence-corrected chi connectivity index (χ1v) is 9.71. The maximum Gasteiger partial charge on any atom is 0.397 e. The standard InChI is InChI=1S/C17H28O5S/c1-2-3-4-5-6-7-8-9-15-10-11-17(18)16(14-15)12-13-22-23(19,20)21/h10-11,14,18H,2-9,12-13H2,1H3,(H,19,20,21). The van der Waals surface area contributed by atoms with Gasteiger partial charge in [-0.25, -0.2) is 4.18 Å². The van der Waals surface area contributed by atoms with E-state index in [0.717, 1.165) is 18.4 Å². The van der Waals surface area contributed by atoms with Gasteiger partial charge in [-0.15, -0.1) is 0 Å². The van der Waals surface area contributed by atoms with Crippen LogP contribution in [0.5, 0.6) is 5.75 Å². The maximum absolute atomic E-state index is 10.5. The summed E-state index contributed by atoms with van der Waals surface area (Å²) in [5.74, 6) is 0.118. The fourth-order valence-corrected chi connectivity index (χ4v) is 2.83. The summed E-state index contributed by atoms with van der Waals surface area (Å²) in [7, 11) is -4.43. The lowest BCUT2D eigenvalue weighted by Gasteiger charge is -2.08. The molecule has 1 aromatic carbocycles. The minimum Gasteiger partial charge on any atom is -0.508 e. The molecule has 23 heavy (non-hydrogen) atoms. The summed E-state index contributed by atoms with van der Waals surface area (Å²) in [6, 6.07) is 5.39. The van der Waals surface area contributed by atoms with Crippen LogP contribution in [0.2, 0.25) is 0 Å². The molecule has 0 heterocycles. The van der Waals surface area contributed by atoms with Gasteiger partial charge < -0.3 is 5.11 Å². The normalized spacial score (nSPS) is 11.7. The molecule has 0 unspecified atom stereocenters. The minimum atomic E-state index is -4.43. The van der Waals surface area contributed by atoms with Gasteiger partial charge >= 0.3 is 10.4 Å². The number of aryl methyl sites for hydroxylation is 1. The van der Waals surface area contributed by atoms with Crippen molar-refractivity contribution < 1.29 is 22.3 Å². The number of phenols is 1.